The number of carbonyl (C=O) groups is 1. The molecule has 0 aliphatic rings. The molecule has 1 amide bonds. The molecule has 4 rings (SSSR count). The molecule has 0 spiro atoms. The summed E-state index contributed by atoms with van der Waals surface area (Å²) in [5.41, 5.74) is 2.88. The number of benzene rings is 2. The molecule has 4 aromatic rings. The summed E-state index contributed by atoms with van der Waals surface area (Å²) in [4.78, 5) is 17.2. The molecule has 1 N–H and O–H groups in total. The van der Waals surface area contributed by atoms with Crippen molar-refractivity contribution in [1.82, 2.24) is 9.55 Å². The average Bonchev–Trinajstić information content (AvgIpc) is 3.12. The van der Waals surface area contributed by atoms with Gasteiger partial charge in [-0.05, 0) is 68.0 Å². The molecule has 0 aliphatic carbocycles. The van der Waals surface area contributed by atoms with Gasteiger partial charge < -0.3 is 9.88 Å². The van der Waals surface area contributed by atoms with E-state index in [0.29, 0.717) is 22.6 Å². The van der Waals surface area contributed by atoms with Gasteiger partial charge in [0.25, 0.3) is 5.91 Å². The third-order valence-corrected chi connectivity index (χ3v) is 5.43. The summed E-state index contributed by atoms with van der Waals surface area (Å²) < 4.78 is 42.1. The summed E-state index contributed by atoms with van der Waals surface area (Å²) in [7, 11) is 0. The molecular weight excluding hydrogens is 439 g/mol. The number of nitrogens with one attached hydrogen (secondary N) is 1. The summed E-state index contributed by atoms with van der Waals surface area (Å²) in [5.74, 6) is -0.388. The first-order valence-electron chi connectivity index (χ1n) is 10.6. The zero-order valence-corrected chi connectivity index (χ0v) is 18.6. The predicted octanol–water partition coefficient (Wildman–Crippen LogP) is 6.93. The molecule has 172 valence electrons. The first-order valence-corrected chi connectivity index (χ1v) is 10.6. The molecule has 0 bridgehead atoms. The van der Waals surface area contributed by atoms with Crippen LogP contribution < -0.4 is 5.32 Å². The smallest absolute Gasteiger partial charge is 0.322 e. The Hall–Kier alpha value is -4.13. The van der Waals surface area contributed by atoms with Crippen molar-refractivity contribution in [3.63, 3.8) is 0 Å². The van der Waals surface area contributed by atoms with E-state index in [1.54, 1.807) is 44.3 Å². The number of anilines is 1. The lowest BCUT2D eigenvalue weighted by Gasteiger charge is -2.16. The van der Waals surface area contributed by atoms with Crippen molar-refractivity contribution in [2.75, 3.05) is 5.32 Å². The number of carbonyl (C=O) groups excluding carboxylic acids is 1. The van der Waals surface area contributed by atoms with Crippen LogP contribution in [0.1, 0.15) is 38.6 Å². The van der Waals surface area contributed by atoms with Gasteiger partial charge in [0.05, 0.1) is 22.5 Å². The Bertz CT molecular complexity index is 1340. The monoisotopic (exact) mass is 461 g/mol. The number of aryl methyl sites for hydroxylation is 1. The lowest BCUT2D eigenvalue weighted by Crippen LogP contribution is -2.14. The van der Waals surface area contributed by atoms with Gasteiger partial charge >= 0.3 is 6.18 Å². The molecule has 2 aromatic carbocycles. The van der Waals surface area contributed by atoms with Gasteiger partial charge in [0.15, 0.2) is 0 Å². The highest BCUT2D eigenvalue weighted by Gasteiger charge is 2.34. The van der Waals surface area contributed by atoms with Gasteiger partial charge in [0.1, 0.15) is 0 Å². The number of hydrogen-bond acceptors (Lipinski definition) is 2. The van der Waals surface area contributed by atoms with Crippen molar-refractivity contribution < 1.29 is 18.0 Å². The van der Waals surface area contributed by atoms with Crippen LogP contribution in [0.25, 0.3) is 17.8 Å². The summed E-state index contributed by atoms with van der Waals surface area (Å²) in [5, 5.41) is 2.83. The quantitative estimate of drug-likeness (QED) is 0.350. The molecular formula is C27H22F3N3O. The van der Waals surface area contributed by atoms with Crippen LogP contribution in [0, 0.1) is 13.8 Å². The Morgan fingerprint density at radius 2 is 1.65 bits per heavy atom. The van der Waals surface area contributed by atoms with E-state index in [-0.39, 0.29) is 11.6 Å². The van der Waals surface area contributed by atoms with Gasteiger partial charge in [-0.25, -0.2) is 0 Å². The number of pyridine rings is 1. The molecule has 34 heavy (non-hydrogen) atoms. The summed E-state index contributed by atoms with van der Waals surface area (Å²) >= 11 is 0. The van der Waals surface area contributed by atoms with Gasteiger partial charge in [0.2, 0.25) is 0 Å². The van der Waals surface area contributed by atoms with Gasteiger partial charge in [-0.15, -0.1) is 0 Å². The van der Waals surface area contributed by atoms with Crippen molar-refractivity contribution in [2.24, 2.45) is 0 Å². The predicted molar refractivity (Wildman–Crippen MR) is 128 cm³/mol. The van der Waals surface area contributed by atoms with Crippen molar-refractivity contribution in [2.45, 2.75) is 20.0 Å². The molecule has 0 fully saturated rings. The number of aromatic nitrogens is 2. The van der Waals surface area contributed by atoms with Crippen molar-refractivity contribution in [3.8, 4) is 5.69 Å². The van der Waals surface area contributed by atoms with Gasteiger partial charge in [-0.2, -0.15) is 13.2 Å². The van der Waals surface area contributed by atoms with Crippen LogP contribution in [0.15, 0.2) is 79.0 Å². The van der Waals surface area contributed by atoms with E-state index in [1.807, 2.05) is 42.5 Å². The van der Waals surface area contributed by atoms with Crippen LogP contribution in [0.5, 0.6) is 0 Å². The molecule has 2 heterocycles. The number of alkyl halides is 3. The van der Waals surface area contributed by atoms with Crippen LogP contribution in [-0.4, -0.2) is 15.5 Å². The molecule has 0 saturated heterocycles. The van der Waals surface area contributed by atoms with Gasteiger partial charge in [0, 0.05) is 23.3 Å². The van der Waals surface area contributed by atoms with Crippen LogP contribution in [0.3, 0.4) is 0 Å². The lowest BCUT2D eigenvalue weighted by atomic mass is 10.1. The zero-order valence-electron chi connectivity index (χ0n) is 18.6. The number of nitrogens with zero attached hydrogens (tertiary/aromatic N) is 2. The number of rotatable bonds is 5. The molecule has 0 saturated carbocycles. The Balaban J connectivity index is 1.55. The molecule has 0 radical (unpaired) electrons. The van der Waals surface area contributed by atoms with Crippen LogP contribution in [0.4, 0.5) is 18.9 Å². The Morgan fingerprint density at radius 3 is 2.32 bits per heavy atom. The number of hydrogen-bond donors (Lipinski definition) is 1. The second-order valence-corrected chi connectivity index (χ2v) is 7.80. The highest BCUT2D eigenvalue weighted by Crippen LogP contribution is 2.35. The molecule has 2 aromatic heterocycles. The minimum absolute atomic E-state index is 0.00639. The van der Waals surface area contributed by atoms with E-state index >= 15 is 0 Å². The Labute approximate surface area is 195 Å². The molecule has 7 heteroatoms. The Morgan fingerprint density at radius 1 is 0.941 bits per heavy atom. The maximum atomic E-state index is 13.5. The summed E-state index contributed by atoms with van der Waals surface area (Å²) in [6.07, 6.45) is 1.02. The SMILES string of the molecule is Cc1cc(C(=O)Nc2ccc(C=Cc3ccccn3)cc2)c(C)n1-c1ccccc1C(F)(F)F. The lowest BCUT2D eigenvalue weighted by molar-refractivity contribution is -0.137. The largest absolute Gasteiger partial charge is 0.418 e. The van der Waals surface area contributed by atoms with E-state index in [2.05, 4.69) is 10.3 Å². The minimum atomic E-state index is -4.51. The Kier molecular flexibility index (Phi) is 6.36. The third kappa shape index (κ3) is 4.93. The number of amides is 1. The number of halogens is 3. The number of para-hydroxylation sites is 1. The summed E-state index contributed by atoms with van der Waals surface area (Å²) in [6.45, 7) is 3.32. The van der Waals surface area contributed by atoms with Crippen LogP contribution in [-0.2, 0) is 6.18 Å². The van der Waals surface area contributed by atoms with E-state index in [0.717, 1.165) is 17.3 Å². The van der Waals surface area contributed by atoms with Crippen molar-refractivity contribution in [1.29, 1.82) is 0 Å². The van der Waals surface area contributed by atoms with Crippen LogP contribution >= 0.6 is 0 Å². The first kappa shape index (κ1) is 23.0. The summed E-state index contributed by atoms with van der Waals surface area (Å²) in [6, 6.07) is 19.9. The van der Waals surface area contributed by atoms with E-state index in [1.165, 1.54) is 16.7 Å². The normalized spacial score (nSPS) is 11.7. The molecule has 0 atom stereocenters. The fraction of sp³-hybridized carbons (Fsp3) is 0.111. The van der Waals surface area contributed by atoms with E-state index in [9.17, 15) is 18.0 Å². The van der Waals surface area contributed by atoms with Crippen molar-refractivity contribution >= 4 is 23.7 Å². The van der Waals surface area contributed by atoms with Crippen molar-refractivity contribution in [3.05, 3.63) is 113 Å². The topological polar surface area (TPSA) is 46.9 Å². The first-order chi connectivity index (χ1) is 16.2. The highest BCUT2D eigenvalue weighted by atomic mass is 19.4. The maximum absolute atomic E-state index is 13.5. The van der Waals surface area contributed by atoms with Crippen LogP contribution in [0.2, 0.25) is 0 Å². The molecule has 4 nitrogen and oxygen atoms in total. The van der Waals surface area contributed by atoms with E-state index in [4.69, 9.17) is 0 Å². The average molecular weight is 461 g/mol. The fourth-order valence-corrected chi connectivity index (χ4v) is 3.80. The minimum Gasteiger partial charge on any atom is -0.322 e. The second-order valence-electron chi connectivity index (χ2n) is 7.80. The standard InChI is InChI=1S/C27H22F3N3O/c1-18-17-23(19(2)33(18)25-9-4-3-8-24(25)27(28,29)30)26(34)32-22-14-11-20(12-15-22)10-13-21-7-5-6-16-31-21/h3-17H,1-2H3,(H,32,34). The maximum Gasteiger partial charge on any atom is 0.418 e. The van der Waals surface area contributed by atoms with Gasteiger partial charge in [-0.3, -0.25) is 9.78 Å². The molecule has 0 aliphatic heterocycles. The van der Waals surface area contributed by atoms with E-state index < -0.39 is 11.7 Å². The highest BCUT2D eigenvalue weighted by molar-refractivity contribution is 6.05. The third-order valence-electron chi connectivity index (χ3n) is 5.43. The van der Waals surface area contributed by atoms with Gasteiger partial charge in [-0.1, -0.05) is 36.4 Å². The fourth-order valence-electron chi connectivity index (χ4n) is 3.80. The zero-order chi connectivity index (χ0) is 24.3. The molecule has 0 unspecified atom stereocenters. The second kappa shape index (κ2) is 9.39.